The highest BCUT2D eigenvalue weighted by Crippen LogP contribution is 2.43. The van der Waals surface area contributed by atoms with Crippen LogP contribution in [0.4, 0.5) is 5.69 Å². The first kappa shape index (κ1) is 25.8. The summed E-state index contributed by atoms with van der Waals surface area (Å²) in [6.07, 6.45) is 1.84. The Kier molecular flexibility index (Phi) is 7.10. The van der Waals surface area contributed by atoms with Gasteiger partial charge in [0.2, 0.25) is 0 Å². The first-order valence-electron chi connectivity index (χ1n) is 13.5. The lowest BCUT2D eigenvalue weighted by Crippen LogP contribution is -2.29. The van der Waals surface area contributed by atoms with Crippen LogP contribution in [0.25, 0.3) is 0 Å². The van der Waals surface area contributed by atoms with Gasteiger partial charge in [-0.05, 0) is 98.2 Å². The maximum atomic E-state index is 6.17. The third-order valence-corrected chi connectivity index (χ3v) is 7.96. The monoisotopic (exact) mass is 544 g/mol. The summed E-state index contributed by atoms with van der Waals surface area (Å²) in [4.78, 5) is 6.94. The molecule has 5 nitrogen and oxygen atoms in total. The van der Waals surface area contributed by atoms with Crippen molar-refractivity contribution >= 4 is 23.0 Å². The lowest BCUT2D eigenvalue weighted by molar-refractivity contribution is 0.479. The predicted molar refractivity (Wildman–Crippen MR) is 165 cm³/mol. The number of anilines is 1. The molecule has 1 aliphatic heterocycles. The van der Waals surface area contributed by atoms with E-state index in [0.717, 1.165) is 35.0 Å². The number of ether oxygens (including phenoxy) is 1. The third kappa shape index (κ3) is 4.98. The van der Waals surface area contributed by atoms with Gasteiger partial charge in [0.05, 0.1) is 17.8 Å². The van der Waals surface area contributed by atoms with Crippen molar-refractivity contribution in [1.29, 1.82) is 0 Å². The Balaban J connectivity index is 1.38. The lowest BCUT2D eigenvalue weighted by atomic mass is 9.96. The number of para-hydroxylation sites is 1. The van der Waals surface area contributed by atoms with Gasteiger partial charge in [0.15, 0.2) is 5.11 Å². The summed E-state index contributed by atoms with van der Waals surface area (Å²) in [6, 6.07) is 35.0. The molecule has 2 unspecified atom stereocenters. The van der Waals surface area contributed by atoms with Crippen LogP contribution < -0.4 is 15.0 Å². The number of benzene rings is 3. The number of thiocarbonyl (C=S) groups is 1. The molecule has 1 saturated heterocycles. The molecule has 1 aliphatic rings. The number of pyridine rings is 1. The van der Waals surface area contributed by atoms with Gasteiger partial charge in [-0.15, -0.1) is 0 Å². The topological polar surface area (TPSA) is 42.3 Å². The van der Waals surface area contributed by atoms with Gasteiger partial charge in [-0.25, -0.2) is 0 Å². The van der Waals surface area contributed by atoms with Gasteiger partial charge in [-0.1, -0.05) is 54.6 Å². The van der Waals surface area contributed by atoms with Crippen LogP contribution >= 0.6 is 12.2 Å². The highest BCUT2D eigenvalue weighted by atomic mass is 32.1. The Bertz CT molecular complexity index is 1630. The molecule has 6 rings (SSSR count). The van der Waals surface area contributed by atoms with Crippen LogP contribution in [0.15, 0.2) is 109 Å². The molecular formula is C34H32N4OS. The molecule has 3 aromatic carbocycles. The quantitative estimate of drug-likeness (QED) is 0.212. The average molecular weight is 545 g/mol. The second-order valence-corrected chi connectivity index (χ2v) is 10.6. The molecule has 2 aromatic heterocycles. The lowest BCUT2D eigenvalue weighted by Gasteiger charge is -2.28. The molecule has 0 spiro atoms. The second kappa shape index (κ2) is 11.0. The van der Waals surface area contributed by atoms with E-state index in [1.54, 1.807) is 0 Å². The van der Waals surface area contributed by atoms with E-state index in [4.69, 9.17) is 21.9 Å². The fraction of sp³-hybridized carbons (Fsp3) is 0.176. The highest BCUT2D eigenvalue weighted by molar-refractivity contribution is 7.80. The summed E-state index contributed by atoms with van der Waals surface area (Å²) >= 11 is 5.97. The number of nitrogens with zero attached hydrogens (tertiary/aromatic N) is 3. The Morgan fingerprint density at radius 3 is 2.30 bits per heavy atom. The number of hydrogen-bond acceptors (Lipinski definition) is 3. The summed E-state index contributed by atoms with van der Waals surface area (Å²) in [5.74, 6) is 1.64. The molecule has 200 valence electrons. The molecule has 5 aromatic rings. The molecule has 1 fully saturated rings. The number of hydrogen-bond donors (Lipinski definition) is 1. The van der Waals surface area contributed by atoms with Gasteiger partial charge in [-0.2, -0.15) is 0 Å². The molecule has 3 heterocycles. The van der Waals surface area contributed by atoms with Crippen molar-refractivity contribution in [2.45, 2.75) is 39.4 Å². The molecule has 0 amide bonds. The third-order valence-electron chi connectivity index (χ3n) is 7.65. The van der Waals surface area contributed by atoms with Crippen molar-refractivity contribution in [3.8, 4) is 11.5 Å². The standard InChI is InChI=1S/C34H32N4OS/c1-23-11-7-8-15-31(23)39-28-18-16-27(17-19-28)38-33(32(36-34(38)40)30-14-9-10-20-35-30)29-21-24(2)37(25(29)3)22-26-12-5-4-6-13-26/h4-21,32-33H,22H2,1-3H3,(H,36,40). The molecule has 0 saturated carbocycles. The molecule has 6 heteroatoms. The van der Waals surface area contributed by atoms with E-state index in [1.807, 2.05) is 48.7 Å². The van der Waals surface area contributed by atoms with Gasteiger partial charge in [0.1, 0.15) is 11.5 Å². The van der Waals surface area contributed by atoms with Crippen LogP contribution in [0.3, 0.4) is 0 Å². The molecular weight excluding hydrogens is 512 g/mol. The zero-order valence-corrected chi connectivity index (χ0v) is 23.7. The van der Waals surface area contributed by atoms with E-state index in [9.17, 15) is 0 Å². The second-order valence-electron chi connectivity index (χ2n) is 10.3. The van der Waals surface area contributed by atoms with E-state index in [0.29, 0.717) is 5.11 Å². The normalized spacial score (nSPS) is 16.7. The molecule has 2 atom stereocenters. The van der Waals surface area contributed by atoms with Gasteiger partial charge >= 0.3 is 0 Å². The van der Waals surface area contributed by atoms with Crippen molar-refractivity contribution < 1.29 is 4.74 Å². The van der Waals surface area contributed by atoms with Crippen molar-refractivity contribution in [3.63, 3.8) is 0 Å². The summed E-state index contributed by atoms with van der Waals surface area (Å²) in [7, 11) is 0. The molecule has 0 bridgehead atoms. The smallest absolute Gasteiger partial charge is 0.174 e. The maximum absolute atomic E-state index is 6.17. The Labute approximate surface area is 241 Å². The van der Waals surface area contributed by atoms with Gasteiger partial charge < -0.3 is 19.5 Å². The summed E-state index contributed by atoms with van der Waals surface area (Å²) < 4.78 is 8.56. The van der Waals surface area contributed by atoms with Crippen LogP contribution in [0.1, 0.15) is 45.9 Å². The average Bonchev–Trinajstić information content (AvgIpc) is 3.46. The van der Waals surface area contributed by atoms with Crippen molar-refractivity contribution in [1.82, 2.24) is 14.9 Å². The fourth-order valence-corrected chi connectivity index (χ4v) is 5.90. The van der Waals surface area contributed by atoms with E-state index in [-0.39, 0.29) is 12.1 Å². The molecule has 1 N–H and O–H groups in total. The van der Waals surface area contributed by atoms with Crippen LogP contribution in [-0.2, 0) is 6.54 Å². The molecule has 0 radical (unpaired) electrons. The number of aromatic nitrogens is 2. The number of rotatable bonds is 7. The van der Waals surface area contributed by atoms with E-state index >= 15 is 0 Å². The van der Waals surface area contributed by atoms with E-state index in [2.05, 4.69) is 96.2 Å². The van der Waals surface area contributed by atoms with Gasteiger partial charge in [-0.3, -0.25) is 4.98 Å². The van der Waals surface area contributed by atoms with Crippen LogP contribution in [0.5, 0.6) is 11.5 Å². The van der Waals surface area contributed by atoms with Crippen molar-refractivity contribution in [2.75, 3.05) is 4.90 Å². The SMILES string of the molecule is Cc1ccccc1Oc1ccc(N2C(=S)NC(c3ccccn3)C2c2cc(C)n(Cc3ccccc3)c2C)cc1. The number of nitrogens with one attached hydrogen (secondary N) is 1. The fourth-order valence-electron chi connectivity index (χ4n) is 5.56. The summed E-state index contributed by atoms with van der Waals surface area (Å²) in [5.41, 5.74) is 8.02. The van der Waals surface area contributed by atoms with Crippen LogP contribution in [0.2, 0.25) is 0 Å². The zero-order valence-electron chi connectivity index (χ0n) is 22.9. The van der Waals surface area contributed by atoms with Gasteiger partial charge in [0.25, 0.3) is 0 Å². The molecule has 0 aliphatic carbocycles. The molecule has 40 heavy (non-hydrogen) atoms. The first-order chi connectivity index (χ1) is 19.5. The minimum Gasteiger partial charge on any atom is -0.457 e. The maximum Gasteiger partial charge on any atom is 0.174 e. The summed E-state index contributed by atoms with van der Waals surface area (Å²) in [6.45, 7) is 7.26. The van der Waals surface area contributed by atoms with Crippen LogP contribution in [-0.4, -0.2) is 14.7 Å². The first-order valence-corrected chi connectivity index (χ1v) is 13.9. The Hall–Kier alpha value is -4.42. The van der Waals surface area contributed by atoms with Crippen molar-refractivity contribution in [2.24, 2.45) is 0 Å². The van der Waals surface area contributed by atoms with Gasteiger partial charge in [0, 0.05) is 29.8 Å². The minimum absolute atomic E-state index is 0.0683. The van der Waals surface area contributed by atoms with E-state index in [1.165, 1.54) is 22.5 Å². The minimum atomic E-state index is -0.0951. The predicted octanol–water partition coefficient (Wildman–Crippen LogP) is 7.83. The largest absolute Gasteiger partial charge is 0.457 e. The summed E-state index contributed by atoms with van der Waals surface area (Å²) in [5, 5.41) is 4.27. The van der Waals surface area contributed by atoms with E-state index < -0.39 is 0 Å². The van der Waals surface area contributed by atoms with Crippen molar-refractivity contribution in [3.05, 3.63) is 143 Å². The Morgan fingerprint density at radius 1 is 0.850 bits per heavy atom. The highest BCUT2D eigenvalue weighted by Gasteiger charge is 2.42. The number of aryl methyl sites for hydroxylation is 2. The van der Waals surface area contributed by atoms with Crippen LogP contribution in [0, 0.1) is 20.8 Å². The Morgan fingerprint density at radius 2 is 1.57 bits per heavy atom. The zero-order chi connectivity index (χ0) is 27.6.